The number of thiophene rings is 1. The average molecular weight is 408 g/mol. The van der Waals surface area contributed by atoms with E-state index in [0.717, 1.165) is 28.6 Å². The van der Waals surface area contributed by atoms with Crippen molar-refractivity contribution in [3.05, 3.63) is 46.7 Å². The molecule has 0 bridgehead atoms. The lowest BCUT2D eigenvalue weighted by Gasteiger charge is -2.12. The lowest BCUT2D eigenvalue weighted by Crippen LogP contribution is -2.15. The standard InChI is InChI=1S/C18H18F2N4OS2/c1-3-7-27-24-13-6-5-11(19)16(14(13)20)23-18(25)10-8-26-17-12(4-2)21-9-22-15(10)17/h5-6,8-9,24H,3-4,7H2,1-2H3,(H,23,25). The van der Waals surface area contributed by atoms with Crippen molar-refractivity contribution in [2.45, 2.75) is 26.7 Å². The molecule has 0 atom stereocenters. The number of hydrogen-bond acceptors (Lipinski definition) is 6. The molecule has 0 aliphatic rings. The van der Waals surface area contributed by atoms with Crippen LogP contribution >= 0.6 is 23.3 Å². The fourth-order valence-electron chi connectivity index (χ4n) is 2.47. The molecule has 0 fully saturated rings. The molecule has 0 radical (unpaired) electrons. The minimum Gasteiger partial charge on any atom is -0.327 e. The maximum atomic E-state index is 14.6. The molecule has 142 valence electrons. The molecular formula is C18H18F2N4OS2. The predicted molar refractivity (Wildman–Crippen MR) is 107 cm³/mol. The normalized spacial score (nSPS) is 11.0. The van der Waals surface area contributed by atoms with Crippen LogP contribution in [0, 0.1) is 11.6 Å². The third-order valence-electron chi connectivity index (χ3n) is 3.82. The minimum atomic E-state index is -0.838. The highest BCUT2D eigenvalue weighted by Gasteiger charge is 2.20. The average Bonchev–Trinajstić information content (AvgIpc) is 3.11. The summed E-state index contributed by atoms with van der Waals surface area (Å²) < 4.78 is 32.4. The van der Waals surface area contributed by atoms with Crippen molar-refractivity contribution in [1.29, 1.82) is 0 Å². The van der Waals surface area contributed by atoms with Gasteiger partial charge in [0.1, 0.15) is 17.8 Å². The highest BCUT2D eigenvalue weighted by atomic mass is 32.2. The van der Waals surface area contributed by atoms with Crippen molar-refractivity contribution in [3.63, 3.8) is 0 Å². The van der Waals surface area contributed by atoms with Crippen LogP contribution in [0.3, 0.4) is 0 Å². The van der Waals surface area contributed by atoms with E-state index in [-0.39, 0.29) is 11.3 Å². The Kier molecular flexibility index (Phi) is 6.22. The second-order valence-corrected chi connectivity index (χ2v) is 7.47. The zero-order chi connectivity index (χ0) is 19.4. The van der Waals surface area contributed by atoms with Gasteiger partial charge in [-0.25, -0.2) is 18.7 Å². The number of halogens is 2. The van der Waals surface area contributed by atoms with Gasteiger partial charge in [0.25, 0.3) is 5.91 Å². The third-order valence-corrected chi connectivity index (χ3v) is 5.82. The van der Waals surface area contributed by atoms with Gasteiger partial charge < -0.3 is 10.0 Å². The van der Waals surface area contributed by atoms with Crippen LogP contribution in [0.1, 0.15) is 36.3 Å². The lowest BCUT2D eigenvalue weighted by molar-refractivity contribution is 0.102. The number of aromatic nitrogens is 2. The van der Waals surface area contributed by atoms with Crippen LogP contribution in [0.15, 0.2) is 23.8 Å². The smallest absolute Gasteiger partial charge is 0.258 e. The molecule has 0 aliphatic carbocycles. The minimum absolute atomic E-state index is 0.121. The molecular weight excluding hydrogens is 390 g/mol. The van der Waals surface area contributed by atoms with E-state index < -0.39 is 23.2 Å². The summed E-state index contributed by atoms with van der Waals surface area (Å²) in [7, 11) is 0. The summed E-state index contributed by atoms with van der Waals surface area (Å²) in [5, 5.41) is 3.98. The second-order valence-electron chi connectivity index (χ2n) is 5.69. The Morgan fingerprint density at radius 2 is 2.07 bits per heavy atom. The van der Waals surface area contributed by atoms with Crippen LogP contribution in [-0.2, 0) is 6.42 Å². The fourth-order valence-corrected chi connectivity index (χ4v) is 4.15. The van der Waals surface area contributed by atoms with Crippen molar-refractivity contribution in [1.82, 2.24) is 9.97 Å². The fraction of sp³-hybridized carbons (Fsp3) is 0.278. The summed E-state index contributed by atoms with van der Waals surface area (Å²) in [5.74, 6) is -1.51. The van der Waals surface area contributed by atoms with E-state index in [1.165, 1.54) is 35.7 Å². The summed E-state index contributed by atoms with van der Waals surface area (Å²) in [5.41, 5.74) is 1.23. The van der Waals surface area contributed by atoms with Gasteiger partial charge in [-0.05, 0) is 25.0 Å². The van der Waals surface area contributed by atoms with Gasteiger partial charge in [-0.3, -0.25) is 4.79 Å². The Bertz CT molecular complexity index is 977. The summed E-state index contributed by atoms with van der Waals surface area (Å²) in [6.07, 6.45) is 3.01. The van der Waals surface area contributed by atoms with E-state index in [1.807, 2.05) is 13.8 Å². The van der Waals surface area contributed by atoms with Gasteiger partial charge in [-0.2, -0.15) is 0 Å². The van der Waals surface area contributed by atoms with E-state index in [4.69, 9.17) is 0 Å². The molecule has 27 heavy (non-hydrogen) atoms. The number of amides is 1. The van der Waals surface area contributed by atoms with Gasteiger partial charge in [0.05, 0.1) is 27.2 Å². The van der Waals surface area contributed by atoms with Crippen LogP contribution < -0.4 is 10.0 Å². The molecule has 3 aromatic rings. The molecule has 9 heteroatoms. The summed E-state index contributed by atoms with van der Waals surface area (Å²) in [4.78, 5) is 21.0. The Labute approximate surface area is 163 Å². The van der Waals surface area contributed by atoms with Gasteiger partial charge >= 0.3 is 0 Å². The topological polar surface area (TPSA) is 66.9 Å². The molecule has 5 nitrogen and oxygen atoms in total. The molecule has 3 rings (SSSR count). The molecule has 0 spiro atoms. The summed E-state index contributed by atoms with van der Waals surface area (Å²) in [6.45, 7) is 3.96. The largest absolute Gasteiger partial charge is 0.327 e. The molecule has 2 aromatic heterocycles. The Hall–Kier alpha value is -2.26. The van der Waals surface area contributed by atoms with Gasteiger partial charge in [0.15, 0.2) is 5.82 Å². The van der Waals surface area contributed by atoms with E-state index in [9.17, 15) is 13.6 Å². The third kappa shape index (κ3) is 4.03. The number of hydrogen-bond donors (Lipinski definition) is 2. The van der Waals surface area contributed by atoms with E-state index in [0.29, 0.717) is 11.9 Å². The highest BCUT2D eigenvalue weighted by Crippen LogP contribution is 2.30. The zero-order valence-electron chi connectivity index (χ0n) is 14.8. The summed E-state index contributed by atoms with van der Waals surface area (Å²) >= 11 is 2.66. The first-order valence-electron chi connectivity index (χ1n) is 8.45. The number of rotatable bonds is 7. The first-order valence-corrected chi connectivity index (χ1v) is 10.3. The Morgan fingerprint density at radius 3 is 2.81 bits per heavy atom. The van der Waals surface area contributed by atoms with Gasteiger partial charge in [0, 0.05) is 11.1 Å². The Morgan fingerprint density at radius 1 is 1.26 bits per heavy atom. The zero-order valence-corrected chi connectivity index (χ0v) is 16.4. The number of benzene rings is 1. The van der Waals surface area contributed by atoms with E-state index >= 15 is 0 Å². The number of fused-ring (bicyclic) bond motifs is 1. The first-order chi connectivity index (χ1) is 13.1. The van der Waals surface area contributed by atoms with E-state index in [1.54, 1.807) is 5.38 Å². The molecule has 2 N–H and O–H groups in total. The van der Waals surface area contributed by atoms with Gasteiger partial charge in [-0.1, -0.05) is 25.8 Å². The van der Waals surface area contributed by atoms with Gasteiger partial charge in [-0.15, -0.1) is 11.3 Å². The van der Waals surface area contributed by atoms with Crippen molar-refractivity contribution < 1.29 is 13.6 Å². The van der Waals surface area contributed by atoms with Crippen molar-refractivity contribution in [2.75, 3.05) is 15.8 Å². The van der Waals surface area contributed by atoms with Crippen LogP contribution in [0.5, 0.6) is 0 Å². The van der Waals surface area contributed by atoms with Crippen molar-refractivity contribution >= 4 is 50.8 Å². The maximum Gasteiger partial charge on any atom is 0.258 e. The lowest BCUT2D eigenvalue weighted by atomic mass is 10.2. The Balaban J connectivity index is 1.89. The molecule has 2 heterocycles. The second kappa shape index (κ2) is 8.62. The van der Waals surface area contributed by atoms with E-state index in [2.05, 4.69) is 20.0 Å². The number of aryl methyl sites for hydroxylation is 1. The number of carbonyl (C=O) groups excluding carboxylic acids is 1. The van der Waals surface area contributed by atoms with Crippen LogP contribution in [-0.4, -0.2) is 21.6 Å². The van der Waals surface area contributed by atoms with Crippen molar-refractivity contribution in [2.24, 2.45) is 0 Å². The number of anilines is 2. The molecule has 1 amide bonds. The molecule has 0 saturated heterocycles. The van der Waals surface area contributed by atoms with Crippen LogP contribution in [0.4, 0.5) is 20.2 Å². The SMILES string of the molecule is CCCSNc1ccc(F)c(NC(=O)c2csc3c(CC)ncnc23)c1F. The molecule has 0 aliphatic heterocycles. The molecule has 1 aromatic carbocycles. The quantitative estimate of drug-likeness (QED) is 0.413. The first kappa shape index (κ1) is 19.5. The molecule has 0 unspecified atom stereocenters. The number of carbonyl (C=O) groups is 1. The van der Waals surface area contributed by atoms with Gasteiger partial charge in [0.2, 0.25) is 0 Å². The number of nitrogens with one attached hydrogen (secondary N) is 2. The maximum absolute atomic E-state index is 14.6. The number of nitrogens with zero attached hydrogens (tertiary/aromatic N) is 2. The van der Waals surface area contributed by atoms with Crippen LogP contribution in [0.2, 0.25) is 0 Å². The van der Waals surface area contributed by atoms with Crippen molar-refractivity contribution in [3.8, 4) is 0 Å². The predicted octanol–water partition coefficient (Wildman–Crippen LogP) is 5.25. The monoisotopic (exact) mass is 408 g/mol. The summed E-state index contributed by atoms with van der Waals surface area (Å²) in [6, 6.07) is 2.43. The van der Waals surface area contributed by atoms with Crippen LogP contribution in [0.25, 0.3) is 10.2 Å². The highest BCUT2D eigenvalue weighted by molar-refractivity contribution is 8.00. The molecule has 0 saturated carbocycles.